The Morgan fingerprint density at radius 3 is 2.25 bits per heavy atom. The van der Waals surface area contributed by atoms with Crippen LogP contribution in [-0.4, -0.2) is 6.04 Å². The zero-order valence-corrected chi connectivity index (χ0v) is 9.89. The summed E-state index contributed by atoms with van der Waals surface area (Å²) >= 11 is 0. The summed E-state index contributed by atoms with van der Waals surface area (Å²) in [5.41, 5.74) is 0.397. The van der Waals surface area contributed by atoms with E-state index in [0.717, 1.165) is 31.7 Å². The molecule has 90 valence electrons. The van der Waals surface area contributed by atoms with Crippen molar-refractivity contribution in [2.75, 3.05) is 5.32 Å². The van der Waals surface area contributed by atoms with Crippen molar-refractivity contribution in [3.8, 4) is 0 Å². The Morgan fingerprint density at radius 1 is 1.12 bits per heavy atom. The lowest BCUT2D eigenvalue weighted by Crippen LogP contribution is -2.19. The maximum absolute atomic E-state index is 13.4. The van der Waals surface area contributed by atoms with Gasteiger partial charge < -0.3 is 5.32 Å². The molecule has 0 amide bonds. The fourth-order valence-corrected chi connectivity index (χ4v) is 1.81. The van der Waals surface area contributed by atoms with Crippen LogP contribution in [0.4, 0.5) is 14.5 Å². The molecule has 0 aliphatic rings. The molecule has 3 heteroatoms. The van der Waals surface area contributed by atoms with E-state index in [2.05, 4.69) is 19.2 Å². The highest BCUT2D eigenvalue weighted by Crippen LogP contribution is 2.18. The highest BCUT2D eigenvalue weighted by Gasteiger charge is 2.09. The Labute approximate surface area is 95.9 Å². The van der Waals surface area contributed by atoms with Crippen molar-refractivity contribution in [3.63, 3.8) is 0 Å². The molecular formula is C13H19F2N. The molecule has 16 heavy (non-hydrogen) atoms. The van der Waals surface area contributed by atoms with Gasteiger partial charge in [-0.1, -0.05) is 26.7 Å². The van der Waals surface area contributed by atoms with Gasteiger partial charge in [0.15, 0.2) is 0 Å². The Hall–Kier alpha value is -1.12. The number of benzene rings is 1. The first-order valence-electron chi connectivity index (χ1n) is 5.89. The molecule has 0 unspecified atom stereocenters. The summed E-state index contributed by atoms with van der Waals surface area (Å²) in [4.78, 5) is 0. The number of anilines is 1. The van der Waals surface area contributed by atoms with Crippen molar-refractivity contribution in [3.05, 3.63) is 29.8 Å². The van der Waals surface area contributed by atoms with Crippen molar-refractivity contribution < 1.29 is 8.78 Å². The highest BCUT2D eigenvalue weighted by molar-refractivity contribution is 5.45. The lowest BCUT2D eigenvalue weighted by Gasteiger charge is -2.19. The van der Waals surface area contributed by atoms with Crippen molar-refractivity contribution >= 4 is 5.69 Å². The first-order chi connectivity index (χ1) is 7.67. The molecule has 0 radical (unpaired) electrons. The first-order valence-corrected chi connectivity index (χ1v) is 5.89. The van der Waals surface area contributed by atoms with Gasteiger partial charge in [0.05, 0.1) is 5.69 Å². The molecule has 1 rings (SSSR count). The van der Waals surface area contributed by atoms with E-state index in [9.17, 15) is 8.78 Å². The average Bonchev–Trinajstić information content (AvgIpc) is 2.23. The lowest BCUT2D eigenvalue weighted by molar-refractivity contribution is 0.564. The van der Waals surface area contributed by atoms with Crippen molar-refractivity contribution in [2.24, 2.45) is 0 Å². The molecule has 1 aromatic carbocycles. The van der Waals surface area contributed by atoms with Crippen LogP contribution in [0, 0.1) is 11.6 Å². The van der Waals surface area contributed by atoms with E-state index in [0.29, 0.717) is 5.69 Å². The summed E-state index contributed by atoms with van der Waals surface area (Å²) in [6, 6.07) is 3.93. The Morgan fingerprint density at radius 2 is 1.75 bits per heavy atom. The molecule has 0 heterocycles. The zero-order valence-electron chi connectivity index (χ0n) is 9.89. The minimum absolute atomic E-state index is 0.273. The number of nitrogens with one attached hydrogen (secondary N) is 1. The van der Waals surface area contributed by atoms with E-state index in [1.165, 1.54) is 12.1 Å². The number of hydrogen-bond acceptors (Lipinski definition) is 1. The monoisotopic (exact) mass is 227 g/mol. The Bertz CT molecular complexity index is 320. The molecule has 0 aliphatic heterocycles. The zero-order chi connectivity index (χ0) is 12.0. The second-order valence-electron chi connectivity index (χ2n) is 4.04. The molecule has 1 N–H and O–H groups in total. The predicted molar refractivity (Wildman–Crippen MR) is 63.6 cm³/mol. The summed E-state index contributed by atoms with van der Waals surface area (Å²) in [7, 11) is 0. The number of rotatable bonds is 6. The van der Waals surface area contributed by atoms with Gasteiger partial charge in [0.1, 0.15) is 11.6 Å². The molecule has 1 nitrogen and oxygen atoms in total. The van der Waals surface area contributed by atoms with Crippen LogP contribution in [0.25, 0.3) is 0 Å². The van der Waals surface area contributed by atoms with Gasteiger partial charge in [-0.25, -0.2) is 8.78 Å². The van der Waals surface area contributed by atoms with Gasteiger partial charge in [-0.3, -0.25) is 0 Å². The van der Waals surface area contributed by atoms with Gasteiger partial charge in [0, 0.05) is 12.1 Å². The van der Waals surface area contributed by atoms with Crippen LogP contribution in [0.3, 0.4) is 0 Å². The summed E-state index contributed by atoms with van der Waals surface area (Å²) in [6.45, 7) is 4.21. The van der Waals surface area contributed by atoms with E-state index < -0.39 is 11.6 Å². The second kappa shape index (κ2) is 6.46. The number of halogens is 2. The molecule has 0 atom stereocenters. The van der Waals surface area contributed by atoms with E-state index in [4.69, 9.17) is 0 Å². The fraction of sp³-hybridized carbons (Fsp3) is 0.538. The van der Waals surface area contributed by atoms with E-state index in [1.54, 1.807) is 0 Å². The third kappa shape index (κ3) is 3.80. The standard InChI is InChI=1S/C13H19F2N/c1-3-5-11(6-4-2)16-13-8-7-10(14)9-12(13)15/h7-9,11,16H,3-6H2,1-2H3. The summed E-state index contributed by atoms with van der Waals surface area (Å²) in [6.07, 6.45) is 4.12. The van der Waals surface area contributed by atoms with Crippen LogP contribution in [0.1, 0.15) is 39.5 Å². The van der Waals surface area contributed by atoms with Gasteiger partial charge >= 0.3 is 0 Å². The molecule has 0 saturated carbocycles. The second-order valence-corrected chi connectivity index (χ2v) is 4.04. The third-order valence-corrected chi connectivity index (χ3v) is 2.57. The Kier molecular flexibility index (Phi) is 5.23. The Balaban J connectivity index is 2.68. The van der Waals surface area contributed by atoms with Gasteiger partial charge in [0.25, 0.3) is 0 Å². The SMILES string of the molecule is CCCC(CCC)Nc1ccc(F)cc1F. The maximum atomic E-state index is 13.4. The topological polar surface area (TPSA) is 12.0 Å². The largest absolute Gasteiger partial charge is 0.380 e. The lowest BCUT2D eigenvalue weighted by atomic mass is 10.1. The van der Waals surface area contributed by atoms with Gasteiger partial charge in [-0.15, -0.1) is 0 Å². The molecule has 0 bridgehead atoms. The summed E-state index contributed by atoms with van der Waals surface area (Å²) < 4.78 is 26.1. The number of hydrogen-bond donors (Lipinski definition) is 1. The summed E-state index contributed by atoms with van der Waals surface area (Å²) in [5, 5.41) is 3.13. The van der Waals surface area contributed by atoms with E-state index in [1.807, 2.05) is 0 Å². The van der Waals surface area contributed by atoms with Crippen molar-refractivity contribution in [1.82, 2.24) is 0 Å². The molecule has 0 aromatic heterocycles. The first kappa shape index (κ1) is 12.9. The van der Waals surface area contributed by atoms with Crippen LogP contribution in [0.2, 0.25) is 0 Å². The van der Waals surface area contributed by atoms with Crippen LogP contribution in [0.15, 0.2) is 18.2 Å². The highest BCUT2D eigenvalue weighted by atomic mass is 19.1. The normalized spacial score (nSPS) is 10.8. The van der Waals surface area contributed by atoms with Gasteiger partial charge in [-0.05, 0) is 25.0 Å². The van der Waals surface area contributed by atoms with E-state index >= 15 is 0 Å². The molecule has 0 fully saturated rings. The molecule has 0 saturated heterocycles. The van der Waals surface area contributed by atoms with Crippen LogP contribution in [0.5, 0.6) is 0 Å². The minimum atomic E-state index is -0.536. The summed E-state index contributed by atoms with van der Waals surface area (Å²) in [5.74, 6) is -1.05. The molecule has 1 aromatic rings. The van der Waals surface area contributed by atoms with Crippen LogP contribution < -0.4 is 5.32 Å². The molecular weight excluding hydrogens is 208 g/mol. The van der Waals surface area contributed by atoms with Crippen LogP contribution in [-0.2, 0) is 0 Å². The molecule has 0 spiro atoms. The van der Waals surface area contributed by atoms with Gasteiger partial charge in [-0.2, -0.15) is 0 Å². The average molecular weight is 227 g/mol. The smallest absolute Gasteiger partial charge is 0.149 e. The van der Waals surface area contributed by atoms with Crippen molar-refractivity contribution in [1.29, 1.82) is 0 Å². The minimum Gasteiger partial charge on any atom is -0.380 e. The van der Waals surface area contributed by atoms with Gasteiger partial charge in [0.2, 0.25) is 0 Å². The van der Waals surface area contributed by atoms with Crippen molar-refractivity contribution in [2.45, 2.75) is 45.6 Å². The third-order valence-electron chi connectivity index (χ3n) is 2.57. The maximum Gasteiger partial charge on any atom is 0.149 e. The fourth-order valence-electron chi connectivity index (χ4n) is 1.81. The predicted octanol–water partition coefficient (Wildman–Crippen LogP) is 4.35. The van der Waals surface area contributed by atoms with E-state index in [-0.39, 0.29) is 6.04 Å². The quantitative estimate of drug-likeness (QED) is 0.762. The van der Waals surface area contributed by atoms with Crippen LogP contribution >= 0.6 is 0 Å². The molecule has 0 aliphatic carbocycles.